The van der Waals surface area contributed by atoms with Crippen LogP contribution in [0.15, 0.2) is 42.5 Å². The molecule has 0 unspecified atom stereocenters. The molecule has 0 aliphatic carbocycles. The van der Waals surface area contributed by atoms with Crippen molar-refractivity contribution in [2.24, 2.45) is 0 Å². The molecule has 4 rings (SSSR count). The van der Waals surface area contributed by atoms with Crippen LogP contribution in [0.25, 0.3) is 0 Å². The molecular formula is C23H26FN3O5. The summed E-state index contributed by atoms with van der Waals surface area (Å²) in [6.45, 7) is 5.17. The van der Waals surface area contributed by atoms with E-state index < -0.39 is 11.9 Å². The third-order valence-electron chi connectivity index (χ3n) is 5.65. The quantitative estimate of drug-likeness (QED) is 0.541. The molecule has 2 heterocycles. The fourth-order valence-corrected chi connectivity index (χ4v) is 3.98. The van der Waals surface area contributed by atoms with Crippen LogP contribution in [0.2, 0.25) is 0 Å². The summed E-state index contributed by atoms with van der Waals surface area (Å²) in [5.41, 5.74) is 1.93. The van der Waals surface area contributed by atoms with Crippen molar-refractivity contribution >= 4 is 17.6 Å². The van der Waals surface area contributed by atoms with E-state index in [1.807, 2.05) is 18.2 Å². The lowest BCUT2D eigenvalue weighted by molar-refractivity contribution is -0.154. The molecular weight excluding hydrogens is 417 g/mol. The van der Waals surface area contributed by atoms with Crippen LogP contribution in [-0.4, -0.2) is 62.9 Å². The number of halogens is 1. The zero-order valence-corrected chi connectivity index (χ0v) is 17.9. The predicted molar refractivity (Wildman–Crippen MR) is 115 cm³/mol. The maximum Gasteiger partial charge on any atom is 0.396 e. The average molecular weight is 443 g/mol. The van der Waals surface area contributed by atoms with Gasteiger partial charge in [-0.2, -0.15) is 0 Å². The molecule has 32 heavy (non-hydrogen) atoms. The third kappa shape index (κ3) is 4.94. The third-order valence-corrected chi connectivity index (χ3v) is 5.65. The molecule has 0 bridgehead atoms. The van der Waals surface area contributed by atoms with E-state index >= 15 is 0 Å². The highest BCUT2D eigenvalue weighted by molar-refractivity contribution is 6.32. The van der Waals surface area contributed by atoms with Crippen LogP contribution in [0.1, 0.15) is 18.5 Å². The topological polar surface area (TPSA) is 80.3 Å². The van der Waals surface area contributed by atoms with Gasteiger partial charge in [-0.1, -0.05) is 6.07 Å². The number of rotatable bonds is 6. The number of nitrogens with one attached hydrogen (secondary N) is 1. The summed E-state index contributed by atoms with van der Waals surface area (Å²) in [5, 5.41) is 2.70. The monoisotopic (exact) mass is 443 g/mol. The summed E-state index contributed by atoms with van der Waals surface area (Å²) in [4.78, 5) is 28.3. The van der Waals surface area contributed by atoms with Gasteiger partial charge in [-0.15, -0.1) is 0 Å². The van der Waals surface area contributed by atoms with Crippen LogP contribution in [0.5, 0.6) is 11.5 Å². The Balaban J connectivity index is 1.47. The second kappa shape index (κ2) is 9.86. The van der Waals surface area contributed by atoms with E-state index in [-0.39, 0.29) is 31.8 Å². The zero-order chi connectivity index (χ0) is 22.5. The minimum Gasteiger partial charge on any atom is -0.459 e. The van der Waals surface area contributed by atoms with Crippen molar-refractivity contribution in [1.29, 1.82) is 0 Å². The Labute approximate surface area is 185 Å². The number of amides is 1. The van der Waals surface area contributed by atoms with Gasteiger partial charge in [0.15, 0.2) is 11.5 Å². The van der Waals surface area contributed by atoms with Crippen molar-refractivity contribution in [1.82, 2.24) is 10.2 Å². The van der Waals surface area contributed by atoms with Gasteiger partial charge in [-0.05, 0) is 48.9 Å². The second-order valence-corrected chi connectivity index (χ2v) is 7.56. The molecule has 1 atom stereocenters. The first-order valence-corrected chi connectivity index (χ1v) is 10.6. The zero-order valence-electron chi connectivity index (χ0n) is 17.9. The Hall–Kier alpha value is -3.33. The molecule has 9 heteroatoms. The number of hydrogen-bond donors (Lipinski definition) is 1. The number of nitrogens with zero attached hydrogens (tertiary/aromatic N) is 2. The molecule has 2 aliphatic heterocycles. The molecule has 1 amide bonds. The number of hydrogen-bond acceptors (Lipinski definition) is 7. The van der Waals surface area contributed by atoms with Gasteiger partial charge in [0.25, 0.3) is 0 Å². The van der Waals surface area contributed by atoms with E-state index in [1.165, 1.54) is 12.1 Å². The van der Waals surface area contributed by atoms with Gasteiger partial charge in [-0.3, -0.25) is 9.69 Å². The van der Waals surface area contributed by atoms with E-state index in [9.17, 15) is 14.0 Å². The van der Waals surface area contributed by atoms with Gasteiger partial charge in [0, 0.05) is 38.4 Å². The van der Waals surface area contributed by atoms with Gasteiger partial charge >= 0.3 is 11.9 Å². The number of fused-ring (bicyclic) bond motifs is 1. The van der Waals surface area contributed by atoms with Gasteiger partial charge in [-0.25, -0.2) is 9.18 Å². The van der Waals surface area contributed by atoms with E-state index in [0.717, 1.165) is 37.4 Å². The minimum absolute atomic E-state index is 0.142. The van der Waals surface area contributed by atoms with Crippen molar-refractivity contribution < 1.29 is 28.2 Å². The van der Waals surface area contributed by atoms with Crippen molar-refractivity contribution in [3.63, 3.8) is 0 Å². The molecule has 0 saturated carbocycles. The Morgan fingerprint density at radius 3 is 2.50 bits per heavy atom. The Morgan fingerprint density at radius 2 is 1.78 bits per heavy atom. The summed E-state index contributed by atoms with van der Waals surface area (Å²) in [5.74, 6) is -0.563. The molecule has 1 fully saturated rings. The lowest BCUT2D eigenvalue weighted by Gasteiger charge is -2.40. The average Bonchev–Trinajstić information content (AvgIpc) is 3.28. The molecule has 2 aromatic carbocycles. The fourth-order valence-electron chi connectivity index (χ4n) is 3.98. The van der Waals surface area contributed by atoms with Gasteiger partial charge in [0.2, 0.25) is 6.79 Å². The largest absolute Gasteiger partial charge is 0.459 e. The summed E-state index contributed by atoms with van der Waals surface area (Å²) >= 11 is 0. The van der Waals surface area contributed by atoms with Crippen LogP contribution < -0.4 is 19.7 Å². The molecule has 8 nitrogen and oxygen atoms in total. The number of benzene rings is 2. The standard InChI is InChI=1S/C23H26FN3O5/c1-2-30-23(29)22(28)25-14-19(16-3-8-20-21(13-16)32-15-31-20)27-11-9-26(10-12-27)18-6-4-17(24)5-7-18/h3-8,13,19H,2,9-12,14-15H2,1H3,(H,25,28)/t19-/m1/s1. The van der Waals surface area contributed by atoms with Crippen LogP contribution in [-0.2, 0) is 14.3 Å². The highest BCUT2D eigenvalue weighted by atomic mass is 19.1. The SMILES string of the molecule is CCOC(=O)C(=O)NC[C@H](c1ccc2c(c1)OCO2)N1CCN(c2ccc(F)cc2)CC1. The first kappa shape index (κ1) is 21.9. The molecule has 1 saturated heterocycles. The lowest BCUT2D eigenvalue weighted by atomic mass is 10.0. The molecule has 2 aliphatic rings. The molecule has 0 spiro atoms. The normalized spacial score (nSPS) is 16.5. The highest BCUT2D eigenvalue weighted by Gasteiger charge is 2.28. The smallest absolute Gasteiger partial charge is 0.396 e. The Kier molecular flexibility index (Phi) is 6.75. The molecule has 0 aromatic heterocycles. The fraction of sp³-hybridized carbons (Fsp3) is 0.391. The van der Waals surface area contributed by atoms with Crippen LogP contribution >= 0.6 is 0 Å². The number of carbonyl (C=O) groups is 2. The first-order chi connectivity index (χ1) is 15.5. The van der Waals surface area contributed by atoms with Gasteiger partial charge in [0.05, 0.1) is 12.6 Å². The van der Waals surface area contributed by atoms with Gasteiger partial charge in [0.1, 0.15) is 5.82 Å². The van der Waals surface area contributed by atoms with Crippen molar-refractivity contribution in [2.75, 3.05) is 51.0 Å². The van der Waals surface area contributed by atoms with Crippen molar-refractivity contribution in [3.8, 4) is 11.5 Å². The first-order valence-electron chi connectivity index (χ1n) is 10.6. The molecule has 170 valence electrons. The minimum atomic E-state index is -0.891. The molecule has 1 N–H and O–H groups in total. The number of anilines is 1. The summed E-state index contributed by atoms with van der Waals surface area (Å²) in [7, 11) is 0. The van der Waals surface area contributed by atoms with E-state index in [1.54, 1.807) is 19.1 Å². The van der Waals surface area contributed by atoms with Gasteiger partial charge < -0.3 is 24.4 Å². The molecule has 0 radical (unpaired) electrons. The van der Waals surface area contributed by atoms with Crippen LogP contribution in [0.3, 0.4) is 0 Å². The van der Waals surface area contributed by atoms with E-state index in [4.69, 9.17) is 14.2 Å². The summed E-state index contributed by atoms with van der Waals surface area (Å²) < 4.78 is 29.0. The predicted octanol–water partition coefficient (Wildman–Crippen LogP) is 2.10. The second-order valence-electron chi connectivity index (χ2n) is 7.56. The van der Waals surface area contributed by atoms with Crippen molar-refractivity contribution in [2.45, 2.75) is 13.0 Å². The van der Waals surface area contributed by atoms with Crippen LogP contribution in [0.4, 0.5) is 10.1 Å². The van der Waals surface area contributed by atoms with Crippen LogP contribution in [0, 0.1) is 5.82 Å². The summed E-state index contributed by atoms with van der Waals surface area (Å²) in [6.07, 6.45) is 0. The van der Waals surface area contributed by atoms with E-state index in [0.29, 0.717) is 11.5 Å². The lowest BCUT2D eigenvalue weighted by Crippen LogP contribution is -2.50. The number of esters is 1. The molecule has 2 aromatic rings. The number of ether oxygens (including phenoxy) is 3. The van der Waals surface area contributed by atoms with E-state index in [2.05, 4.69) is 15.1 Å². The number of carbonyl (C=O) groups excluding carboxylic acids is 2. The maximum atomic E-state index is 13.2. The maximum absolute atomic E-state index is 13.2. The Morgan fingerprint density at radius 1 is 1.06 bits per heavy atom. The van der Waals surface area contributed by atoms with Crippen molar-refractivity contribution in [3.05, 3.63) is 53.8 Å². The highest BCUT2D eigenvalue weighted by Crippen LogP contribution is 2.35. The number of piperazine rings is 1. The summed E-state index contributed by atoms with van der Waals surface area (Å²) in [6, 6.07) is 12.0. The Bertz CT molecular complexity index is 961.